The first-order valence-electron chi connectivity index (χ1n) is 7.07. The number of nitrogens with one attached hydrogen (secondary N) is 1. The van der Waals surface area contributed by atoms with Gasteiger partial charge in [-0.1, -0.05) is 0 Å². The quantitative estimate of drug-likeness (QED) is 0.709. The van der Waals surface area contributed by atoms with Crippen molar-refractivity contribution in [2.45, 2.75) is 11.8 Å². The smallest absolute Gasteiger partial charge is 0.266 e. The van der Waals surface area contributed by atoms with Crippen LogP contribution in [-0.4, -0.2) is 23.9 Å². The van der Waals surface area contributed by atoms with E-state index in [1.807, 2.05) is 0 Å². The van der Waals surface area contributed by atoms with Gasteiger partial charge >= 0.3 is 0 Å². The number of fused-ring (bicyclic) bond motifs is 1. The molecule has 0 saturated carbocycles. The molecule has 10 heteroatoms. The highest BCUT2D eigenvalue weighted by molar-refractivity contribution is 7.89. The minimum atomic E-state index is -3.79. The Morgan fingerprint density at radius 2 is 1.92 bits per heavy atom. The number of thiophene rings is 1. The van der Waals surface area contributed by atoms with Gasteiger partial charge in [0.05, 0.1) is 21.5 Å². The number of sulfonamides is 1. The molecular weight excluding hydrogens is 364 g/mol. The summed E-state index contributed by atoms with van der Waals surface area (Å²) in [6, 6.07) is 5.50. The first-order valence-corrected chi connectivity index (χ1v) is 9.43. The number of primary sulfonamides is 1. The van der Waals surface area contributed by atoms with E-state index in [9.17, 15) is 18.0 Å². The van der Waals surface area contributed by atoms with Crippen molar-refractivity contribution in [2.75, 3.05) is 5.32 Å². The lowest BCUT2D eigenvalue weighted by atomic mass is 10.2. The van der Waals surface area contributed by atoms with E-state index in [-0.39, 0.29) is 10.5 Å². The van der Waals surface area contributed by atoms with Crippen LogP contribution < -0.4 is 16.0 Å². The van der Waals surface area contributed by atoms with E-state index in [0.717, 1.165) is 11.3 Å². The third-order valence-electron chi connectivity index (χ3n) is 3.66. The minimum absolute atomic E-state index is 0.0451. The lowest BCUT2D eigenvalue weighted by molar-refractivity contribution is 0.103. The fourth-order valence-electron chi connectivity index (χ4n) is 2.34. The molecule has 3 aromatic rings. The van der Waals surface area contributed by atoms with Crippen LogP contribution in [0.4, 0.5) is 5.69 Å². The monoisotopic (exact) mass is 378 g/mol. The van der Waals surface area contributed by atoms with Gasteiger partial charge in [-0.2, -0.15) is 0 Å². The average Bonchev–Trinajstić information content (AvgIpc) is 2.88. The van der Waals surface area contributed by atoms with Gasteiger partial charge in [-0.05, 0) is 36.8 Å². The Morgan fingerprint density at radius 1 is 1.28 bits per heavy atom. The molecule has 0 atom stereocenters. The van der Waals surface area contributed by atoms with Gasteiger partial charge in [0.1, 0.15) is 4.83 Å². The summed E-state index contributed by atoms with van der Waals surface area (Å²) in [4.78, 5) is 29.7. The van der Waals surface area contributed by atoms with E-state index < -0.39 is 15.9 Å². The van der Waals surface area contributed by atoms with Crippen molar-refractivity contribution in [3.63, 3.8) is 0 Å². The van der Waals surface area contributed by atoms with Gasteiger partial charge in [-0.3, -0.25) is 9.59 Å². The highest BCUT2D eigenvalue weighted by Gasteiger charge is 2.19. The molecule has 0 radical (unpaired) electrons. The van der Waals surface area contributed by atoms with Gasteiger partial charge in [0.25, 0.3) is 11.5 Å². The molecule has 0 fully saturated rings. The fraction of sp³-hybridized carbons (Fsp3) is 0.133. The number of carbonyl (C=O) groups excluding carboxylic acids is 1. The van der Waals surface area contributed by atoms with Crippen LogP contribution in [0.15, 0.2) is 40.3 Å². The third kappa shape index (κ3) is 3.18. The standard InChI is InChI=1S/C15H14N4O4S2/c1-8-11-14(17-7-19(2)15(11)21)24-12(8)13(20)18-9-3-5-10(6-4-9)25(16,22)23/h3-7H,1-2H3,(H,18,20)(H2,16,22,23). The predicted molar refractivity (Wildman–Crippen MR) is 95.4 cm³/mol. The largest absolute Gasteiger partial charge is 0.321 e. The van der Waals surface area contributed by atoms with Crippen molar-refractivity contribution in [1.29, 1.82) is 0 Å². The van der Waals surface area contributed by atoms with Crippen LogP contribution in [0.5, 0.6) is 0 Å². The number of amides is 1. The maximum atomic E-state index is 12.5. The molecule has 130 valence electrons. The molecule has 8 nitrogen and oxygen atoms in total. The van der Waals surface area contributed by atoms with Crippen molar-refractivity contribution in [2.24, 2.45) is 12.2 Å². The Bertz CT molecular complexity index is 1140. The van der Waals surface area contributed by atoms with Crippen LogP contribution in [0.1, 0.15) is 15.2 Å². The molecule has 0 unspecified atom stereocenters. The summed E-state index contributed by atoms with van der Waals surface area (Å²) in [7, 11) is -2.19. The molecule has 0 aliphatic heterocycles. The van der Waals surface area contributed by atoms with E-state index >= 15 is 0 Å². The van der Waals surface area contributed by atoms with E-state index in [4.69, 9.17) is 5.14 Å². The van der Waals surface area contributed by atoms with Gasteiger partial charge in [-0.15, -0.1) is 11.3 Å². The van der Waals surface area contributed by atoms with Gasteiger partial charge in [0.2, 0.25) is 10.0 Å². The van der Waals surface area contributed by atoms with Gasteiger partial charge in [-0.25, -0.2) is 18.5 Å². The highest BCUT2D eigenvalue weighted by atomic mass is 32.2. The fourth-order valence-corrected chi connectivity index (χ4v) is 3.89. The number of anilines is 1. The first kappa shape index (κ1) is 17.3. The number of nitrogens with zero attached hydrogens (tertiary/aromatic N) is 2. The van der Waals surface area contributed by atoms with Crippen molar-refractivity contribution in [3.05, 3.63) is 51.4 Å². The van der Waals surface area contributed by atoms with Crippen molar-refractivity contribution in [1.82, 2.24) is 9.55 Å². The molecule has 3 rings (SSSR count). The summed E-state index contributed by atoms with van der Waals surface area (Å²) in [6.45, 7) is 1.70. The van der Waals surface area contributed by atoms with E-state index in [0.29, 0.717) is 26.3 Å². The van der Waals surface area contributed by atoms with Crippen LogP contribution in [0.25, 0.3) is 10.2 Å². The zero-order chi connectivity index (χ0) is 18.4. The van der Waals surface area contributed by atoms with Crippen LogP contribution in [0, 0.1) is 6.92 Å². The molecule has 0 aliphatic carbocycles. The molecule has 0 spiro atoms. The van der Waals surface area contributed by atoms with E-state index in [1.165, 1.54) is 35.2 Å². The van der Waals surface area contributed by atoms with Crippen LogP contribution >= 0.6 is 11.3 Å². The number of carbonyl (C=O) groups is 1. The van der Waals surface area contributed by atoms with Gasteiger partial charge in [0.15, 0.2) is 0 Å². The zero-order valence-corrected chi connectivity index (χ0v) is 14.9. The second kappa shape index (κ2) is 6.06. The summed E-state index contributed by atoms with van der Waals surface area (Å²) in [5.74, 6) is -0.397. The van der Waals surface area contributed by atoms with Gasteiger partial charge < -0.3 is 9.88 Å². The van der Waals surface area contributed by atoms with Crippen LogP contribution in [-0.2, 0) is 17.1 Å². The maximum Gasteiger partial charge on any atom is 0.266 e. The molecule has 2 aromatic heterocycles. The molecule has 25 heavy (non-hydrogen) atoms. The first-order chi connectivity index (χ1) is 11.7. The predicted octanol–water partition coefficient (Wildman–Crippen LogP) is 1.20. The number of aryl methyl sites for hydroxylation is 2. The number of hydrogen-bond acceptors (Lipinski definition) is 6. The van der Waals surface area contributed by atoms with E-state index in [2.05, 4.69) is 10.3 Å². The number of benzene rings is 1. The lowest BCUT2D eigenvalue weighted by Crippen LogP contribution is -2.17. The Hall–Kier alpha value is -2.56. The lowest BCUT2D eigenvalue weighted by Gasteiger charge is -2.05. The summed E-state index contributed by atoms with van der Waals surface area (Å²) in [5.41, 5.74) is 0.762. The topological polar surface area (TPSA) is 124 Å². The van der Waals surface area contributed by atoms with Crippen LogP contribution in [0.3, 0.4) is 0 Å². The molecule has 2 heterocycles. The van der Waals surface area contributed by atoms with Crippen molar-refractivity contribution in [3.8, 4) is 0 Å². The third-order valence-corrected chi connectivity index (χ3v) is 5.79. The average molecular weight is 378 g/mol. The zero-order valence-electron chi connectivity index (χ0n) is 13.3. The van der Waals surface area contributed by atoms with Gasteiger partial charge in [0, 0.05) is 12.7 Å². The molecular formula is C15H14N4O4S2. The second-order valence-corrected chi connectivity index (χ2v) is 7.98. The molecule has 0 bridgehead atoms. The molecule has 0 aliphatic rings. The number of aromatic nitrogens is 2. The molecule has 3 N–H and O–H groups in total. The summed E-state index contributed by atoms with van der Waals surface area (Å²) >= 11 is 1.13. The van der Waals surface area contributed by atoms with Crippen molar-refractivity contribution >= 4 is 43.2 Å². The Morgan fingerprint density at radius 3 is 2.52 bits per heavy atom. The molecule has 1 amide bonds. The summed E-state index contributed by atoms with van der Waals surface area (Å²) in [5, 5.41) is 8.13. The normalized spacial score (nSPS) is 11.6. The van der Waals surface area contributed by atoms with Crippen molar-refractivity contribution < 1.29 is 13.2 Å². The number of rotatable bonds is 3. The summed E-state index contributed by atoms with van der Waals surface area (Å²) < 4.78 is 23.8. The van der Waals surface area contributed by atoms with E-state index in [1.54, 1.807) is 14.0 Å². The molecule has 0 saturated heterocycles. The Labute approximate surface area is 147 Å². The minimum Gasteiger partial charge on any atom is -0.321 e. The number of hydrogen-bond donors (Lipinski definition) is 2. The Balaban J connectivity index is 1.94. The summed E-state index contributed by atoms with van der Waals surface area (Å²) in [6.07, 6.45) is 1.41. The SMILES string of the molecule is Cc1c(C(=O)Nc2ccc(S(N)(=O)=O)cc2)sc2ncn(C)c(=O)c12. The highest BCUT2D eigenvalue weighted by Crippen LogP contribution is 2.27. The second-order valence-electron chi connectivity index (χ2n) is 5.42. The number of nitrogens with two attached hydrogens (primary N) is 1. The Kier molecular flexibility index (Phi) is 4.19. The molecule has 1 aromatic carbocycles. The maximum absolute atomic E-state index is 12.5. The van der Waals surface area contributed by atoms with Crippen LogP contribution in [0.2, 0.25) is 0 Å².